The number of anilines is 1. The van der Waals surface area contributed by atoms with Gasteiger partial charge in [0.25, 0.3) is 0 Å². The van der Waals surface area contributed by atoms with Gasteiger partial charge in [0.15, 0.2) is 0 Å². The number of aliphatic hydroxyl groups is 1. The standard InChI is InChI=1S/C19H23ClN2O.ClH/c20-17-6-4-15(5-7-17)19(23)16-8-10-22(11-9-16)13-14-2-1-3-18(21)12-14;/h1-7,12,16,19,23H,8-11,13,21H2;1H. The monoisotopic (exact) mass is 366 g/mol. The Morgan fingerprint density at radius 1 is 1.12 bits per heavy atom. The topological polar surface area (TPSA) is 49.5 Å². The molecule has 0 aromatic heterocycles. The molecule has 2 aromatic carbocycles. The molecule has 1 saturated heterocycles. The quantitative estimate of drug-likeness (QED) is 0.793. The molecule has 1 aliphatic rings. The predicted molar refractivity (Wildman–Crippen MR) is 103 cm³/mol. The van der Waals surface area contributed by atoms with Crippen molar-refractivity contribution in [3.8, 4) is 0 Å². The summed E-state index contributed by atoms with van der Waals surface area (Å²) >= 11 is 5.91. The van der Waals surface area contributed by atoms with Crippen LogP contribution < -0.4 is 5.73 Å². The van der Waals surface area contributed by atoms with Crippen molar-refractivity contribution < 1.29 is 5.11 Å². The first kappa shape index (κ1) is 19.1. The molecule has 1 aliphatic heterocycles. The molecular weight excluding hydrogens is 343 g/mol. The fourth-order valence-electron chi connectivity index (χ4n) is 3.31. The molecule has 24 heavy (non-hydrogen) atoms. The molecule has 0 bridgehead atoms. The summed E-state index contributed by atoms with van der Waals surface area (Å²) in [4.78, 5) is 2.43. The van der Waals surface area contributed by atoms with Crippen molar-refractivity contribution in [2.75, 3.05) is 18.8 Å². The number of hydrogen-bond acceptors (Lipinski definition) is 3. The molecule has 3 rings (SSSR count). The van der Waals surface area contributed by atoms with E-state index in [1.54, 1.807) is 0 Å². The highest BCUT2D eigenvalue weighted by molar-refractivity contribution is 6.30. The number of aliphatic hydroxyl groups excluding tert-OH is 1. The number of nitrogen functional groups attached to an aromatic ring is 1. The number of nitrogens with two attached hydrogens (primary N) is 1. The van der Waals surface area contributed by atoms with E-state index in [0.717, 1.165) is 43.7 Å². The van der Waals surface area contributed by atoms with Gasteiger partial charge in [0, 0.05) is 17.3 Å². The van der Waals surface area contributed by atoms with Gasteiger partial charge in [0.1, 0.15) is 0 Å². The SMILES string of the molecule is Cl.Nc1cccc(CN2CCC(C(O)c3ccc(Cl)cc3)CC2)c1. The number of rotatable bonds is 4. The lowest BCUT2D eigenvalue weighted by Crippen LogP contribution is -2.35. The summed E-state index contributed by atoms with van der Waals surface area (Å²) in [5.41, 5.74) is 8.87. The Bertz CT molecular complexity index is 640. The van der Waals surface area contributed by atoms with Crippen molar-refractivity contribution in [2.24, 2.45) is 5.92 Å². The zero-order chi connectivity index (χ0) is 16.2. The minimum atomic E-state index is -0.401. The fraction of sp³-hybridized carbons (Fsp3) is 0.368. The normalized spacial score (nSPS) is 17.2. The van der Waals surface area contributed by atoms with Crippen LogP contribution in [0.25, 0.3) is 0 Å². The van der Waals surface area contributed by atoms with Crippen LogP contribution >= 0.6 is 24.0 Å². The average Bonchev–Trinajstić information content (AvgIpc) is 2.56. The van der Waals surface area contributed by atoms with E-state index in [4.69, 9.17) is 17.3 Å². The van der Waals surface area contributed by atoms with Crippen molar-refractivity contribution in [3.05, 3.63) is 64.7 Å². The van der Waals surface area contributed by atoms with E-state index in [0.29, 0.717) is 10.9 Å². The van der Waals surface area contributed by atoms with Gasteiger partial charge in [-0.2, -0.15) is 0 Å². The predicted octanol–water partition coefficient (Wildman–Crippen LogP) is 4.29. The van der Waals surface area contributed by atoms with E-state index < -0.39 is 6.10 Å². The fourth-order valence-corrected chi connectivity index (χ4v) is 3.43. The van der Waals surface area contributed by atoms with Crippen LogP contribution in [0, 0.1) is 5.92 Å². The van der Waals surface area contributed by atoms with Crippen LogP contribution in [0.15, 0.2) is 48.5 Å². The molecule has 130 valence electrons. The number of benzene rings is 2. The summed E-state index contributed by atoms with van der Waals surface area (Å²) in [6.07, 6.45) is 1.61. The summed E-state index contributed by atoms with van der Waals surface area (Å²) in [5, 5.41) is 11.3. The Kier molecular flexibility index (Phi) is 6.93. The first-order chi connectivity index (χ1) is 11.1. The third kappa shape index (κ3) is 4.87. The van der Waals surface area contributed by atoms with Gasteiger partial charge in [-0.15, -0.1) is 12.4 Å². The van der Waals surface area contributed by atoms with E-state index in [-0.39, 0.29) is 12.4 Å². The third-order valence-corrected chi connectivity index (χ3v) is 4.90. The second-order valence-corrected chi connectivity index (χ2v) is 6.79. The van der Waals surface area contributed by atoms with Crippen molar-refractivity contribution in [3.63, 3.8) is 0 Å². The molecule has 0 radical (unpaired) electrons. The van der Waals surface area contributed by atoms with E-state index >= 15 is 0 Å². The zero-order valence-corrected chi connectivity index (χ0v) is 15.1. The lowest BCUT2D eigenvalue weighted by atomic mass is 9.87. The Morgan fingerprint density at radius 3 is 2.42 bits per heavy atom. The summed E-state index contributed by atoms with van der Waals surface area (Å²) in [6, 6.07) is 15.6. The van der Waals surface area contributed by atoms with Crippen LogP contribution in [0.3, 0.4) is 0 Å². The highest BCUT2D eigenvalue weighted by Gasteiger charge is 2.26. The molecule has 1 heterocycles. The highest BCUT2D eigenvalue weighted by Crippen LogP contribution is 2.31. The molecule has 0 saturated carbocycles. The van der Waals surface area contributed by atoms with Crippen molar-refractivity contribution in [1.82, 2.24) is 4.90 Å². The van der Waals surface area contributed by atoms with E-state index in [1.165, 1.54) is 5.56 Å². The minimum Gasteiger partial charge on any atom is -0.399 e. The highest BCUT2D eigenvalue weighted by atomic mass is 35.5. The van der Waals surface area contributed by atoms with Gasteiger partial charge in [0.2, 0.25) is 0 Å². The maximum atomic E-state index is 10.6. The van der Waals surface area contributed by atoms with E-state index in [2.05, 4.69) is 11.0 Å². The number of halogens is 2. The number of hydrogen-bond donors (Lipinski definition) is 2. The number of piperidine rings is 1. The van der Waals surface area contributed by atoms with E-state index in [1.807, 2.05) is 42.5 Å². The van der Waals surface area contributed by atoms with Crippen LogP contribution in [0.5, 0.6) is 0 Å². The average molecular weight is 367 g/mol. The Labute approximate surface area is 154 Å². The van der Waals surface area contributed by atoms with Crippen molar-refractivity contribution >= 4 is 29.7 Å². The number of likely N-dealkylation sites (tertiary alicyclic amines) is 1. The third-order valence-electron chi connectivity index (χ3n) is 4.65. The molecule has 1 unspecified atom stereocenters. The van der Waals surface area contributed by atoms with Crippen LogP contribution in [0.4, 0.5) is 5.69 Å². The lowest BCUT2D eigenvalue weighted by molar-refractivity contribution is 0.0568. The van der Waals surface area contributed by atoms with Crippen LogP contribution in [-0.4, -0.2) is 23.1 Å². The van der Waals surface area contributed by atoms with Gasteiger partial charge < -0.3 is 10.8 Å². The van der Waals surface area contributed by atoms with Crippen LogP contribution in [-0.2, 0) is 6.54 Å². The van der Waals surface area contributed by atoms with Gasteiger partial charge in [-0.1, -0.05) is 35.9 Å². The van der Waals surface area contributed by atoms with Crippen LogP contribution in [0.1, 0.15) is 30.1 Å². The Morgan fingerprint density at radius 2 is 1.79 bits per heavy atom. The van der Waals surface area contributed by atoms with Crippen molar-refractivity contribution in [2.45, 2.75) is 25.5 Å². The van der Waals surface area contributed by atoms with Crippen molar-refractivity contribution in [1.29, 1.82) is 0 Å². The van der Waals surface area contributed by atoms with Crippen LogP contribution in [0.2, 0.25) is 5.02 Å². The summed E-state index contributed by atoms with van der Waals surface area (Å²) in [6.45, 7) is 2.93. The first-order valence-electron chi connectivity index (χ1n) is 8.12. The molecule has 5 heteroatoms. The molecule has 0 spiro atoms. The molecule has 3 N–H and O–H groups in total. The summed E-state index contributed by atoms with van der Waals surface area (Å²) in [7, 11) is 0. The number of nitrogens with zero attached hydrogens (tertiary/aromatic N) is 1. The molecular formula is C19H24Cl2N2O. The molecule has 1 fully saturated rings. The summed E-state index contributed by atoms with van der Waals surface area (Å²) in [5.74, 6) is 0.313. The smallest absolute Gasteiger partial charge is 0.0819 e. The molecule has 0 amide bonds. The Balaban J connectivity index is 0.00000208. The maximum absolute atomic E-state index is 10.6. The summed E-state index contributed by atoms with van der Waals surface area (Å²) < 4.78 is 0. The van der Waals surface area contributed by atoms with Gasteiger partial charge in [-0.3, -0.25) is 4.90 Å². The second-order valence-electron chi connectivity index (χ2n) is 6.36. The van der Waals surface area contributed by atoms with Gasteiger partial charge in [-0.05, 0) is 67.2 Å². The second kappa shape index (κ2) is 8.72. The molecule has 1 atom stereocenters. The largest absolute Gasteiger partial charge is 0.399 e. The first-order valence-corrected chi connectivity index (χ1v) is 8.50. The maximum Gasteiger partial charge on any atom is 0.0819 e. The lowest BCUT2D eigenvalue weighted by Gasteiger charge is -2.34. The molecule has 3 nitrogen and oxygen atoms in total. The van der Waals surface area contributed by atoms with Gasteiger partial charge in [-0.25, -0.2) is 0 Å². The van der Waals surface area contributed by atoms with E-state index in [9.17, 15) is 5.11 Å². The zero-order valence-electron chi connectivity index (χ0n) is 13.6. The van der Waals surface area contributed by atoms with Gasteiger partial charge >= 0.3 is 0 Å². The Hall–Kier alpha value is -1.26. The molecule has 2 aromatic rings. The molecule has 0 aliphatic carbocycles. The minimum absolute atomic E-state index is 0. The van der Waals surface area contributed by atoms with Gasteiger partial charge in [0.05, 0.1) is 6.10 Å².